The first-order valence-electron chi connectivity index (χ1n) is 6.86. The standard InChI is InChI=1S/C14H15FN2O2/c15-9-2-1-3-10(14(9)17(18)19)16-13-11-7-4-5-8(6-7)12(11)13/h1-3,7-8,11-13,16H,4-6H2. The molecule has 0 aliphatic heterocycles. The van der Waals surface area contributed by atoms with Gasteiger partial charge in [0.05, 0.1) is 4.92 Å². The highest BCUT2D eigenvalue weighted by molar-refractivity contribution is 5.63. The molecule has 1 aromatic carbocycles. The maximum Gasteiger partial charge on any atom is 0.327 e. The highest BCUT2D eigenvalue weighted by atomic mass is 19.1. The Bertz CT molecular complexity index is 546. The Morgan fingerprint density at radius 1 is 1.26 bits per heavy atom. The molecule has 4 atom stereocenters. The third-order valence-corrected chi connectivity index (χ3v) is 5.23. The lowest BCUT2D eigenvalue weighted by molar-refractivity contribution is -0.386. The molecule has 0 aromatic heterocycles. The number of anilines is 1. The first-order valence-corrected chi connectivity index (χ1v) is 6.86. The first kappa shape index (κ1) is 11.2. The number of nitro benzene ring substituents is 1. The maximum atomic E-state index is 13.5. The summed E-state index contributed by atoms with van der Waals surface area (Å²) in [5.74, 6) is 2.16. The van der Waals surface area contributed by atoms with E-state index in [0.29, 0.717) is 23.6 Å². The smallest absolute Gasteiger partial charge is 0.327 e. The lowest BCUT2D eigenvalue weighted by Crippen LogP contribution is -2.14. The van der Waals surface area contributed by atoms with Gasteiger partial charge < -0.3 is 5.32 Å². The highest BCUT2D eigenvalue weighted by Gasteiger charge is 2.65. The van der Waals surface area contributed by atoms with Gasteiger partial charge in [0.15, 0.2) is 0 Å². The van der Waals surface area contributed by atoms with Crippen molar-refractivity contribution >= 4 is 11.4 Å². The molecule has 3 aliphatic rings. The Morgan fingerprint density at radius 2 is 1.95 bits per heavy atom. The van der Waals surface area contributed by atoms with Crippen molar-refractivity contribution in [2.75, 3.05) is 5.32 Å². The summed E-state index contributed by atoms with van der Waals surface area (Å²) in [6.45, 7) is 0. The lowest BCUT2D eigenvalue weighted by Gasteiger charge is -2.12. The van der Waals surface area contributed by atoms with Crippen LogP contribution in [0.2, 0.25) is 0 Å². The molecule has 0 radical (unpaired) electrons. The molecule has 1 aromatic rings. The molecule has 5 heteroatoms. The van der Waals surface area contributed by atoms with Crippen LogP contribution in [0.15, 0.2) is 18.2 Å². The average molecular weight is 262 g/mol. The van der Waals surface area contributed by atoms with Crippen LogP contribution in [-0.4, -0.2) is 11.0 Å². The Labute approximate surface area is 110 Å². The second-order valence-electron chi connectivity index (χ2n) is 6.05. The molecule has 1 N–H and O–H groups in total. The van der Waals surface area contributed by atoms with Crippen molar-refractivity contribution in [3.8, 4) is 0 Å². The number of para-hydroxylation sites is 1. The quantitative estimate of drug-likeness (QED) is 0.672. The number of nitro groups is 1. The third kappa shape index (κ3) is 1.50. The second kappa shape index (κ2) is 3.68. The largest absolute Gasteiger partial charge is 0.376 e. The molecular formula is C14H15FN2O2. The van der Waals surface area contributed by atoms with Gasteiger partial charge >= 0.3 is 5.69 Å². The van der Waals surface area contributed by atoms with E-state index >= 15 is 0 Å². The summed E-state index contributed by atoms with van der Waals surface area (Å²) in [6, 6.07) is 4.60. The van der Waals surface area contributed by atoms with Crippen LogP contribution in [0.25, 0.3) is 0 Å². The molecule has 19 heavy (non-hydrogen) atoms. The van der Waals surface area contributed by atoms with Crippen LogP contribution in [0.4, 0.5) is 15.8 Å². The van der Waals surface area contributed by atoms with E-state index in [4.69, 9.17) is 0 Å². The highest BCUT2D eigenvalue weighted by Crippen LogP contribution is 2.66. The summed E-state index contributed by atoms with van der Waals surface area (Å²) < 4.78 is 13.5. The molecule has 3 fully saturated rings. The van der Waals surface area contributed by atoms with Gasteiger partial charge in [0.25, 0.3) is 0 Å². The van der Waals surface area contributed by atoms with Crippen LogP contribution in [0.5, 0.6) is 0 Å². The van der Waals surface area contributed by atoms with E-state index in [-0.39, 0.29) is 0 Å². The Hall–Kier alpha value is -1.65. The fourth-order valence-corrected chi connectivity index (χ4v) is 4.52. The van der Waals surface area contributed by atoms with E-state index in [1.54, 1.807) is 6.07 Å². The van der Waals surface area contributed by atoms with Crippen LogP contribution < -0.4 is 5.32 Å². The monoisotopic (exact) mass is 262 g/mol. The van der Waals surface area contributed by atoms with Gasteiger partial charge in [-0.25, -0.2) is 0 Å². The molecule has 100 valence electrons. The predicted molar refractivity (Wildman–Crippen MR) is 68.3 cm³/mol. The topological polar surface area (TPSA) is 55.2 Å². The van der Waals surface area contributed by atoms with Gasteiger partial charge in [-0.15, -0.1) is 0 Å². The van der Waals surface area contributed by atoms with Gasteiger partial charge in [0.2, 0.25) is 5.82 Å². The summed E-state index contributed by atoms with van der Waals surface area (Å²) >= 11 is 0. The summed E-state index contributed by atoms with van der Waals surface area (Å²) in [6.07, 6.45) is 3.93. The molecule has 4 rings (SSSR count). The van der Waals surface area contributed by atoms with Crippen molar-refractivity contribution in [3.05, 3.63) is 34.1 Å². The zero-order valence-corrected chi connectivity index (χ0v) is 10.4. The summed E-state index contributed by atoms with van der Waals surface area (Å²) in [4.78, 5) is 10.3. The fraction of sp³-hybridized carbons (Fsp3) is 0.571. The molecule has 4 unspecified atom stereocenters. The zero-order chi connectivity index (χ0) is 13.1. The zero-order valence-electron chi connectivity index (χ0n) is 10.4. The van der Waals surface area contributed by atoms with Gasteiger partial charge in [0.1, 0.15) is 5.69 Å². The number of halogens is 1. The van der Waals surface area contributed by atoms with Crippen LogP contribution in [0, 0.1) is 39.6 Å². The van der Waals surface area contributed by atoms with E-state index in [2.05, 4.69) is 5.32 Å². The normalized spacial score (nSPS) is 38.1. The van der Waals surface area contributed by atoms with Crippen LogP contribution in [0.3, 0.4) is 0 Å². The van der Waals surface area contributed by atoms with E-state index < -0.39 is 16.4 Å². The molecule has 0 saturated heterocycles. The van der Waals surface area contributed by atoms with Gasteiger partial charge in [-0.3, -0.25) is 10.1 Å². The molecule has 3 saturated carbocycles. The summed E-state index contributed by atoms with van der Waals surface area (Å²) in [5, 5.41) is 14.2. The number of fused-ring (bicyclic) bond motifs is 5. The van der Waals surface area contributed by atoms with E-state index in [0.717, 1.165) is 17.9 Å². The van der Waals surface area contributed by atoms with Gasteiger partial charge in [-0.05, 0) is 55.1 Å². The predicted octanol–water partition coefficient (Wildman–Crippen LogP) is 3.19. The Balaban J connectivity index is 1.59. The molecule has 2 bridgehead atoms. The maximum absolute atomic E-state index is 13.5. The minimum Gasteiger partial charge on any atom is -0.376 e. The first-order chi connectivity index (χ1) is 9.16. The van der Waals surface area contributed by atoms with Crippen LogP contribution >= 0.6 is 0 Å². The number of nitrogens with one attached hydrogen (secondary N) is 1. The lowest BCUT2D eigenvalue weighted by atomic mass is 10.0. The Kier molecular flexibility index (Phi) is 2.17. The minimum absolute atomic E-state index is 0.326. The van der Waals surface area contributed by atoms with Crippen molar-refractivity contribution in [3.63, 3.8) is 0 Å². The molecule has 3 aliphatic carbocycles. The van der Waals surface area contributed by atoms with Gasteiger partial charge in [-0.1, -0.05) is 6.07 Å². The number of hydrogen-bond acceptors (Lipinski definition) is 3. The summed E-state index contributed by atoms with van der Waals surface area (Å²) in [7, 11) is 0. The number of rotatable bonds is 3. The van der Waals surface area contributed by atoms with Crippen molar-refractivity contribution in [2.24, 2.45) is 23.7 Å². The molecular weight excluding hydrogens is 247 g/mol. The van der Waals surface area contributed by atoms with Crippen molar-refractivity contribution in [2.45, 2.75) is 25.3 Å². The molecule has 4 nitrogen and oxygen atoms in total. The fourth-order valence-electron chi connectivity index (χ4n) is 4.52. The number of nitrogens with zero attached hydrogens (tertiary/aromatic N) is 1. The molecule has 0 spiro atoms. The SMILES string of the molecule is O=[N+]([O-])c1c(F)cccc1NC1C2C3CCC(C3)C12. The van der Waals surface area contributed by atoms with E-state index in [9.17, 15) is 14.5 Å². The summed E-state index contributed by atoms with van der Waals surface area (Å²) in [5.41, 5.74) is -0.0800. The number of hydrogen-bond donors (Lipinski definition) is 1. The van der Waals surface area contributed by atoms with E-state index in [1.165, 1.54) is 25.3 Å². The van der Waals surface area contributed by atoms with Crippen molar-refractivity contribution < 1.29 is 9.31 Å². The average Bonchev–Trinajstić information content (AvgIpc) is 2.78. The minimum atomic E-state index is -0.760. The second-order valence-corrected chi connectivity index (χ2v) is 6.05. The Morgan fingerprint density at radius 3 is 2.58 bits per heavy atom. The number of benzene rings is 1. The van der Waals surface area contributed by atoms with Crippen molar-refractivity contribution in [1.29, 1.82) is 0 Å². The third-order valence-electron chi connectivity index (χ3n) is 5.23. The van der Waals surface area contributed by atoms with Gasteiger partial charge in [0, 0.05) is 6.04 Å². The molecule has 0 heterocycles. The molecule has 0 amide bonds. The van der Waals surface area contributed by atoms with Crippen LogP contribution in [0.1, 0.15) is 19.3 Å². The van der Waals surface area contributed by atoms with Gasteiger partial charge in [-0.2, -0.15) is 4.39 Å². The van der Waals surface area contributed by atoms with E-state index in [1.807, 2.05) is 0 Å². The van der Waals surface area contributed by atoms with Crippen LogP contribution in [-0.2, 0) is 0 Å². The van der Waals surface area contributed by atoms with Crippen molar-refractivity contribution in [1.82, 2.24) is 0 Å².